The highest BCUT2D eigenvalue weighted by Crippen LogP contribution is 2.24. The van der Waals surface area contributed by atoms with Crippen molar-refractivity contribution in [1.82, 2.24) is 0 Å². The fraction of sp³-hybridized carbons (Fsp3) is 0.455. The highest BCUT2D eigenvalue weighted by molar-refractivity contribution is 5.34. The van der Waals surface area contributed by atoms with Crippen molar-refractivity contribution in [1.29, 1.82) is 0 Å². The molecule has 0 radical (unpaired) electrons. The molecule has 4 heteroatoms. The van der Waals surface area contributed by atoms with E-state index < -0.39 is 12.2 Å². The van der Waals surface area contributed by atoms with Crippen molar-refractivity contribution < 1.29 is 18.6 Å². The Hall–Kier alpha value is -1.16. The Morgan fingerprint density at radius 1 is 1.33 bits per heavy atom. The van der Waals surface area contributed by atoms with E-state index in [1.54, 1.807) is 32.0 Å². The maximum absolute atomic E-state index is 12.0. The summed E-state index contributed by atoms with van der Waals surface area (Å²) >= 11 is 0. The third-order valence-corrected chi connectivity index (χ3v) is 1.81. The number of para-hydroxylation sites is 1. The number of alkyl halides is 2. The summed E-state index contributed by atoms with van der Waals surface area (Å²) in [5.74, 6) is 0.120. The van der Waals surface area contributed by atoms with Gasteiger partial charge in [-0.15, -0.1) is 0 Å². The van der Waals surface area contributed by atoms with Crippen LogP contribution in [0.3, 0.4) is 0 Å². The SMILES string of the molecule is CC(C)(O)Cc1ccccc1OC(F)F. The molecule has 15 heavy (non-hydrogen) atoms. The van der Waals surface area contributed by atoms with Gasteiger partial charge in [-0.1, -0.05) is 18.2 Å². The molecule has 0 aromatic heterocycles. The zero-order valence-corrected chi connectivity index (χ0v) is 8.71. The van der Waals surface area contributed by atoms with E-state index >= 15 is 0 Å². The van der Waals surface area contributed by atoms with Crippen LogP contribution < -0.4 is 4.74 Å². The van der Waals surface area contributed by atoms with Gasteiger partial charge in [0.25, 0.3) is 0 Å². The Morgan fingerprint density at radius 3 is 2.47 bits per heavy atom. The minimum atomic E-state index is -2.84. The molecule has 0 aliphatic rings. The first-order valence-corrected chi connectivity index (χ1v) is 4.63. The lowest BCUT2D eigenvalue weighted by atomic mass is 9.98. The number of hydrogen-bond donors (Lipinski definition) is 1. The van der Waals surface area contributed by atoms with Gasteiger partial charge in [0, 0.05) is 6.42 Å². The van der Waals surface area contributed by atoms with Crippen LogP contribution in [-0.4, -0.2) is 17.3 Å². The second kappa shape index (κ2) is 4.57. The predicted octanol–water partition coefficient (Wildman–Crippen LogP) is 2.60. The normalized spacial score (nSPS) is 11.9. The molecular weight excluding hydrogens is 202 g/mol. The molecule has 0 aliphatic carbocycles. The van der Waals surface area contributed by atoms with Crippen molar-refractivity contribution in [3.8, 4) is 5.75 Å². The maximum Gasteiger partial charge on any atom is 0.387 e. The number of benzene rings is 1. The molecule has 0 unspecified atom stereocenters. The van der Waals surface area contributed by atoms with Gasteiger partial charge in [-0.05, 0) is 25.5 Å². The molecule has 1 aromatic carbocycles. The Kier molecular flexibility index (Phi) is 3.63. The topological polar surface area (TPSA) is 29.5 Å². The smallest absolute Gasteiger partial charge is 0.387 e. The molecule has 0 fully saturated rings. The van der Waals surface area contributed by atoms with Crippen LogP contribution in [0.1, 0.15) is 19.4 Å². The second-order valence-corrected chi connectivity index (χ2v) is 3.98. The van der Waals surface area contributed by atoms with Crippen molar-refractivity contribution in [2.75, 3.05) is 0 Å². The molecule has 84 valence electrons. The summed E-state index contributed by atoms with van der Waals surface area (Å²) in [4.78, 5) is 0. The van der Waals surface area contributed by atoms with E-state index in [0.29, 0.717) is 5.56 Å². The Balaban J connectivity index is 2.86. The molecule has 0 bridgehead atoms. The van der Waals surface area contributed by atoms with Crippen LogP contribution in [-0.2, 0) is 6.42 Å². The summed E-state index contributed by atoms with van der Waals surface area (Å²) in [5.41, 5.74) is -0.369. The van der Waals surface area contributed by atoms with E-state index in [0.717, 1.165) is 0 Å². The minimum absolute atomic E-state index is 0.120. The van der Waals surface area contributed by atoms with E-state index in [-0.39, 0.29) is 12.2 Å². The van der Waals surface area contributed by atoms with Crippen LogP contribution in [0.15, 0.2) is 24.3 Å². The third kappa shape index (κ3) is 4.25. The van der Waals surface area contributed by atoms with Gasteiger partial charge in [0.1, 0.15) is 5.75 Å². The average Bonchev–Trinajstić information content (AvgIpc) is 2.05. The first kappa shape index (κ1) is 11.9. The number of rotatable bonds is 4. The van der Waals surface area contributed by atoms with E-state index in [2.05, 4.69) is 4.74 Å². The lowest BCUT2D eigenvalue weighted by Gasteiger charge is -2.19. The molecule has 0 aliphatic heterocycles. The third-order valence-electron chi connectivity index (χ3n) is 1.81. The van der Waals surface area contributed by atoms with Gasteiger partial charge in [0.15, 0.2) is 0 Å². The van der Waals surface area contributed by atoms with Crippen LogP contribution in [0.2, 0.25) is 0 Å². The number of hydrogen-bond acceptors (Lipinski definition) is 2. The molecular formula is C11H14F2O2. The lowest BCUT2D eigenvalue weighted by molar-refractivity contribution is -0.0510. The number of ether oxygens (including phenoxy) is 1. The summed E-state index contributed by atoms with van der Waals surface area (Å²) < 4.78 is 28.4. The van der Waals surface area contributed by atoms with Crippen molar-refractivity contribution >= 4 is 0 Å². The highest BCUT2D eigenvalue weighted by atomic mass is 19.3. The minimum Gasteiger partial charge on any atom is -0.435 e. The van der Waals surface area contributed by atoms with E-state index in [9.17, 15) is 13.9 Å². The van der Waals surface area contributed by atoms with Gasteiger partial charge < -0.3 is 9.84 Å². The van der Waals surface area contributed by atoms with E-state index in [4.69, 9.17) is 0 Å². The van der Waals surface area contributed by atoms with Crippen LogP contribution in [0.4, 0.5) is 8.78 Å². The predicted molar refractivity (Wildman–Crippen MR) is 53.1 cm³/mol. The van der Waals surface area contributed by atoms with Crippen LogP contribution in [0.5, 0.6) is 5.75 Å². The summed E-state index contributed by atoms with van der Waals surface area (Å²) in [7, 11) is 0. The summed E-state index contributed by atoms with van der Waals surface area (Å²) in [6.45, 7) is 0.395. The quantitative estimate of drug-likeness (QED) is 0.838. The molecule has 0 heterocycles. The fourth-order valence-corrected chi connectivity index (χ4v) is 1.33. The van der Waals surface area contributed by atoms with Gasteiger partial charge in [-0.2, -0.15) is 8.78 Å². The maximum atomic E-state index is 12.0. The van der Waals surface area contributed by atoms with Crippen LogP contribution >= 0.6 is 0 Å². The molecule has 0 saturated heterocycles. The zero-order chi connectivity index (χ0) is 11.5. The molecule has 0 atom stereocenters. The molecule has 0 spiro atoms. The molecule has 2 nitrogen and oxygen atoms in total. The number of aliphatic hydroxyl groups is 1. The van der Waals surface area contributed by atoms with Crippen molar-refractivity contribution in [2.45, 2.75) is 32.5 Å². The fourth-order valence-electron chi connectivity index (χ4n) is 1.33. The lowest BCUT2D eigenvalue weighted by Crippen LogP contribution is -2.22. The number of halogens is 2. The molecule has 0 amide bonds. The second-order valence-electron chi connectivity index (χ2n) is 3.98. The standard InChI is InChI=1S/C11H14F2O2/c1-11(2,14)7-8-5-3-4-6-9(8)15-10(12)13/h3-6,10,14H,7H2,1-2H3. The Bertz CT molecular complexity index is 319. The van der Waals surface area contributed by atoms with Crippen LogP contribution in [0, 0.1) is 0 Å². The molecule has 1 rings (SSSR count). The monoisotopic (exact) mass is 216 g/mol. The first-order valence-electron chi connectivity index (χ1n) is 4.63. The highest BCUT2D eigenvalue weighted by Gasteiger charge is 2.17. The van der Waals surface area contributed by atoms with Gasteiger partial charge in [-0.3, -0.25) is 0 Å². The van der Waals surface area contributed by atoms with Crippen molar-refractivity contribution in [3.05, 3.63) is 29.8 Å². The largest absolute Gasteiger partial charge is 0.435 e. The van der Waals surface area contributed by atoms with Gasteiger partial charge in [0.05, 0.1) is 5.60 Å². The average molecular weight is 216 g/mol. The molecule has 0 saturated carbocycles. The van der Waals surface area contributed by atoms with Gasteiger partial charge in [0.2, 0.25) is 0 Å². The summed E-state index contributed by atoms with van der Waals surface area (Å²) in [5, 5.41) is 9.59. The summed E-state index contributed by atoms with van der Waals surface area (Å²) in [6, 6.07) is 6.47. The van der Waals surface area contributed by atoms with Gasteiger partial charge in [-0.25, -0.2) is 0 Å². The van der Waals surface area contributed by atoms with Crippen LogP contribution in [0.25, 0.3) is 0 Å². The molecule has 1 N–H and O–H groups in total. The first-order chi connectivity index (χ1) is 6.88. The Labute approximate surface area is 87.5 Å². The van der Waals surface area contributed by atoms with Gasteiger partial charge >= 0.3 is 6.61 Å². The van der Waals surface area contributed by atoms with E-state index in [1.807, 2.05) is 0 Å². The zero-order valence-electron chi connectivity index (χ0n) is 8.71. The molecule has 1 aromatic rings. The van der Waals surface area contributed by atoms with E-state index in [1.165, 1.54) is 6.07 Å². The van der Waals surface area contributed by atoms with Crippen molar-refractivity contribution in [2.24, 2.45) is 0 Å². The summed E-state index contributed by atoms with van der Waals surface area (Å²) in [6.07, 6.45) is 0.274. The Morgan fingerprint density at radius 2 is 1.93 bits per heavy atom. The van der Waals surface area contributed by atoms with Crippen molar-refractivity contribution in [3.63, 3.8) is 0 Å².